The lowest BCUT2D eigenvalue weighted by molar-refractivity contribution is 0.904. The van der Waals surface area contributed by atoms with E-state index in [2.05, 4.69) is 21.1 Å². The summed E-state index contributed by atoms with van der Waals surface area (Å²) >= 11 is 0. The van der Waals surface area contributed by atoms with E-state index in [9.17, 15) is 0 Å². The van der Waals surface area contributed by atoms with Crippen LogP contribution in [0.5, 0.6) is 0 Å². The zero-order valence-electron chi connectivity index (χ0n) is 8.49. The van der Waals surface area contributed by atoms with Crippen LogP contribution in [0.1, 0.15) is 16.7 Å². The Morgan fingerprint density at radius 1 is 1.40 bits per heavy atom. The first-order chi connectivity index (χ1) is 7.31. The molecule has 1 aromatic carbocycles. The van der Waals surface area contributed by atoms with Gasteiger partial charge in [0.15, 0.2) is 5.84 Å². The molecule has 1 aliphatic heterocycles. The molecular weight excluding hydrogens is 190 g/mol. The minimum atomic E-state index is 0.558. The molecule has 0 unspecified atom stereocenters. The molecular formula is C10H13N5. The van der Waals surface area contributed by atoms with E-state index in [1.54, 1.807) is 0 Å². The second-order valence-corrected chi connectivity index (χ2v) is 3.30. The van der Waals surface area contributed by atoms with Crippen LogP contribution in [0.3, 0.4) is 0 Å². The van der Waals surface area contributed by atoms with E-state index in [-0.39, 0.29) is 0 Å². The van der Waals surface area contributed by atoms with Crippen LogP contribution in [0, 0.1) is 6.92 Å². The molecule has 5 nitrogen and oxygen atoms in total. The van der Waals surface area contributed by atoms with Crippen molar-refractivity contribution in [3.8, 4) is 0 Å². The molecule has 0 atom stereocenters. The van der Waals surface area contributed by atoms with E-state index in [4.69, 9.17) is 5.73 Å². The standard InChI is InChI=1S/C10H13N5/c1-7-4-8(2-3-9(7)5-11)10-14-12-6-13-15-10/h2-4,6H,5,11H2,1H3,(H,12,13)(H,14,15). The quantitative estimate of drug-likeness (QED) is 0.645. The molecule has 5 heteroatoms. The summed E-state index contributed by atoms with van der Waals surface area (Å²) in [6, 6.07) is 6.02. The van der Waals surface area contributed by atoms with Crippen molar-refractivity contribution in [2.75, 3.05) is 0 Å². The summed E-state index contributed by atoms with van der Waals surface area (Å²) in [5.41, 5.74) is 14.4. The van der Waals surface area contributed by atoms with Gasteiger partial charge >= 0.3 is 0 Å². The van der Waals surface area contributed by atoms with Gasteiger partial charge in [-0.2, -0.15) is 10.2 Å². The van der Waals surface area contributed by atoms with Crippen molar-refractivity contribution >= 4 is 12.2 Å². The molecule has 0 saturated carbocycles. The summed E-state index contributed by atoms with van der Waals surface area (Å²) in [6.07, 6.45) is 1.49. The molecule has 4 N–H and O–H groups in total. The number of nitrogens with zero attached hydrogens (tertiary/aromatic N) is 2. The molecule has 0 spiro atoms. The number of aryl methyl sites for hydroxylation is 1. The minimum absolute atomic E-state index is 0.558. The molecule has 1 aromatic rings. The molecule has 1 heterocycles. The fourth-order valence-electron chi connectivity index (χ4n) is 1.44. The van der Waals surface area contributed by atoms with Gasteiger partial charge < -0.3 is 5.73 Å². The lowest BCUT2D eigenvalue weighted by Gasteiger charge is -2.11. The number of benzene rings is 1. The molecule has 1 aliphatic rings. The normalized spacial score (nSPS) is 14.1. The predicted octanol–water partition coefficient (Wildman–Crippen LogP) is 0.251. The van der Waals surface area contributed by atoms with Crippen LogP contribution in [0.2, 0.25) is 0 Å². The number of hydrazone groups is 2. The molecule has 2 rings (SSSR count). The van der Waals surface area contributed by atoms with Gasteiger partial charge in [0.05, 0.1) is 0 Å². The van der Waals surface area contributed by atoms with Crippen molar-refractivity contribution < 1.29 is 0 Å². The number of amidine groups is 1. The van der Waals surface area contributed by atoms with Gasteiger partial charge in [-0.3, -0.25) is 10.9 Å². The van der Waals surface area contributed by atoms with Crippen LogP contribution < -0.4 is 16.6 Å². The largest absolute Gasteiger partial charge is 0.326 e. The fraction of sp³-hybridized carbons (Fsp3) is 0.200. The van der Waals surface area contributed by atoms with E-state index >= 15 is 0 Å². The fourth-order valence-corrected chi connectivity index (χ4v) is 1.44. The Morgan fingerprint density at radius 3 is 2.87 bits per heavy atom. The Balaban J connectivity index is 2.30. The summed E-state index contributed by atoms with van der Waals surface area (Å²) in [5, 5.41) is 7.94. The molecule has 15 heavy (non-hydrogen) atoms. The van der Waals surface area contributed by atoms with Gasteiger partial charge in [0, 0.05) is 12.1 Å². The zero-order chi connectivity index (χ0) is 10.7. The maximum atomic E-state index is 5.60. The van der Waals surface area contributed by atoms with Gasteiger partial charge in [-0.05, 0) is 24.1 Å². The average Bonchev–Trinajstić information content (AvgIpc) is 2.30. The van der Waals surface area contributed by atoms with E-state index in [1.165, 1.54) is 6.34 Å². The number of hydrogen-bond donors (Lipinski definition) is 3. The van der Waals surface area contributed by atoms with Crippen molar-refractivity contribution in [2.45, 2.75) is 13.5 Å². The Bertz CT molecular complexity index is 422. The smallest absolute Gasteiger partial charge is 0.173 e. The first-order valence-corrected chi connectivity index (χ1v) is 4.72. The SMILES string of the molecule is Cc1cc(C2=NNC=NN2)ccc1CN. The third-order valence-corrected chi connectivity index (χ3v) is 2.31. The molecule has 0 aliphatic carbocycles. The van der Waals surface area contributed by atoms with E-state index < -0.39 is 0 Å². The van der Waals surface area contributed by atoms with E-state index in [0.717, 1.165) is 16.7 Å². The topological polar surface area (TPSA) is 74.8 Å². The maximum Gasteiger partial charge on any atom is 0.173 e. The van der Waals surface area contributed by atoms with Crippen LogP contribution in [0.4, 0.5) is 0 Å². The van der Waals surface area contributed by atoms with Gasteiger partial charge in [0.2, 0.25) is 0 Å². The summed E-state index contributed by atoms with van der Waals surface area (Å²) in [5.74, 6) is 0.712. The number of nitrogens with two attached hydrogens (primary N) is 1. The highest BCUT2D eigenvalue weighted by molar-refractivity contribution is 6.00. The molecule has 0 amide bonds. The van der Waals surface area contributed by atoms with E-state index in [1.807, 2.05) is 25.1 Å². The lowest BCUT2D eigenvalue weighted by Crippen LogP contribution is -2.28. The molecule has 78 valence electrons. The van der Waals surface area contributed by atoms with Crippen molar-refractivity contribution in [1.82, 2.24) is 10.9 Å². The molecule has 0 radical (unpaired) electrons. The van der Waals surface area contributed by atoms with Gasteiger partial charge in [0.1, 0.15) is 6.34 Å². The van der Waals surface area contributed by atoms with Crippen molar-refractivity contribution in [1.29, 1.82) is 0 Å². The van der Waals surface area contributed by atoms with Crippen LogP contribution in [0.25, 0.3) is 0 Å². The third kappa shape index (κ3) is 1.97. The summed E-state index contributed by atoms with van der Waals surface area (Å²) < 4.78 is 0. The molecule has 0 bridgehead atoms. The first kappa shape index (κ1) is 9.67. The first-order valence-electron chi connectivity index (χ1n) is 4.72. The minimum Gasteiger partial charge on any atom is -0.326 e. The third-order valence-electron chi connectivity index (χ3n) is 2.31. The molecule has 0 fully saturated rings. The van der Waals surface area contributed by atoms with Gasteiger partial charge in [0.25, 0.3) is 0 Å². The van der Waals surface area contributed by atoms with Crippen LogP contribution in [0.15, 0.2) is 28.4 Å². The van der Waals surface area contributed by atoms with Crippen molar-refractivity contribution in [2.24, 2.45) is 15.9 Å². The van der Waals surface area contributed by atoms with Crippen LogP contribution >= 0.6 is 0 Å². The van der Waals surface area contributed by atoms with Crippen molar-refractivity contribution in [3.63, 3.8) is 0 Å². The highest BCUT2D eigenvalue weighted by atomic mass is 15.5. The monoisotopic (exact) mass is 203 g/mol. The second kappa shape index (κ2) is 4.10. The lowest BCUT2D eigenvalue weighted by atomic mass is 10.0. The summed E-state index contributed by atoms with van der Waals surface area (Å²) in [4.78, 5) is 0. The number of hydrogen-bond acceptors (Lipinski definition) is 5. The number of rotatable bonds is 2. The van der Waals surface area contributed by atoms with Gasteiger partial charge in [-0.25, -0.2) is 0 Å². The Hall–Kier alpha value is -1.88. The Labute approximate surface area is 88.1 Å². The van der Waals surface area contributed by atoms with Crippen LogP contribution in [-0.4, -0.2) is 12.2 Å². The Morgan fingerprint density at radius 2 is 2.27 bits per heavy atom. The maximum absolute atomic E-state index is 5.60. The molecule has 0 saturated heterocycles. The van der Waals surface area contributed by atoms with Gasteiger partial charge in [-0.1, -0.05) is 12.1 Å². The Kier molecular flexibility index (Phi) is 2.64. The van der Waals surface area contributed by atoms with Gasteiger partial charge in [-0.15, -0.1) is 0 Å². The molecule has 0 aromatic heterocycles. The van der Waals surface area contributed by atoms with Crippen molar-refractivity contribution in [3.05, 3.63) is 34.9 Å². The highest BCUT2D eigenvalue weighted by Crippen LogP contribution is 2.11. The summed E-state index contributed by atoms with van der Waals surface area (Å²) in [7, 11) is 0. The summed E-state index contributed by atoms with van der Waals surface area (Å²) in [6.45, 7) is 2.59. The number of nitrogens with one attached hydrogen (secondary N) is 2. The van der Waals surface area contributed by atoms with Crippen LogP contribution in [-0.2, 0) is 6.54 Å². The highest BCUT2D eigenvalue weighted by Gasteiger charge is 2.06. The second-order valence-electron chi connectivity index (χ2n) is 3.30. The average molecular weight is 203 g/mol. The zero-order valence-corrected chi connectivity index (χ0v) is 8.49. The van der Waals surface area contributed by atoms with E-state index in [0.29, 0.717) is 12.4 Å². The predicted molar refractivity (Wildman–Crippen MR) is 60.4 cm³/mol.